The summed E-state index contributed by atoms with van der Waals surface area (Å²) in [6.45, 7) is 4.36. The molecule has 27 heavy (non-hydrogen) atoms. The van der Waals surface area contributed by atoms with Crippen molar-refractivity contribution in [1.82, 2.24) is 10.3 Å². The molecular weight excluding hydrogens is 338 g/mol. The third kappa shape index (κ3) is 5.01. The van der Waals surface area contributed by atoms with Crippen LogP contribution in [0.3, 0.4) is 0 Å². The van der Waals surface area contributed by atoms with Gasteiger partial charge in [-0.3, -0.25) is 14.6 Å². The number of hydrogen-bond donors (Lipinski definition) is 2. The van der Waals surface area contributed by atoms with Crippen molar-refractivity contribution in [2.45, 2.75) is 20.4 Å². The normalized spacial score (nSPS) is 10.3. The van der Waals surface area contributed by atoms with E-state index in [0.717, 1.165) is 22.4 Å². The molecule has 1 aromatic heterocycles. The van der Waals surface area contributed by atoms with E-state index in [1.165, 1.54) is 12.4 Å². The second-order valence-corrected chi connectivity index (χ2v) is 6.46. The monoisotopic (exact) mass is 359 g/mol. The second-order valence-electron chi connectivity index (χ2n) is 6.46. The highest BCUT2D eigenvalue weighted by molar-refractivity contribution is 6.05. The second kappa shape index (κ2) is 8.27. The topological polar surface area (TPSA) is 71.1 Å². The summed E-state index contributed by atoms with van der Waals surface area (Å²) in [4.78, 5) is 28.9. The van der Waals surface area contributed by atoms with E-state index in [2.05, 4.69) is 15.6 Å². The maximum Gasteiger partial charge on any atom is 0.257 e. The van der Waals surface area contributed by atoms with E-state index in [1.807, 2.05) is 62.4 Å². The Balaban J connectivity index is 1.68. The van der Waals surface area contributed by atoms with Gasteiger partial charge >= 0.3 is 0 Å². The molecule has 0 aliphatic rings. The maximum atomic E-state index is 12.5. The molecule has 0 aliphatic carbocycles. The van der Waals surface area contributed by atoms with Gasteiger partial charge in [0.25, 0.3) is 11.8 Å². The lowest BCUT2D eigenvalue weighted by molar-refractivity contribution is 0.0950. The van der Waals surface area contributed by atoms with Gasteiger partial charge in [-0.05, 0) is 48.7 Å². The molecule has 2 N–H and O–H groups in total. The van der Waals surface area contributed by atoms with Crippen molar-refractivity contribution in [3.63, 3.8) is 0 Å². The van der Waals surface area contributed by atoms with Crippen LogP contribution < -0.4 is 10.6 Å². The van der Waals surface area contributed by atoms with E-state index in [9.17, 15) is 9.59 Å². The van der Waals surface area contributed by atoms with Crippen LogP contribution in [0.1, 0.15) is 37.4 Å². The van der Waals surface area contributed by atoms with Gasteiger partial charge in [0.1, 0.15) is 0 Å². The Morgan fingerprint density at radius 1 is 0.852 bits per heavy atom. The number of anilines is 1. The van der Waals surface area contributed by atoms with Gasteiger partial charge in [0, 0.05) is 24.6 Å². The molecule has 0 atom stereocenters. The van der Waals surface area contributed by atoms with Gasteiger partial charge in [-0.15, -0.1) is 0 Å². The number of nitrogens with one attached hydrogen (secondary N) is 2. The number of nitrogens with zero attached hydrogens (tertiary/aromatic N) is 1. The first kappa shape index (κ1) is 18.3. The Morgan fingerprint density at radius 3 is 2.15 bits per heavy atom. The molecule has 0 fully saturated rings. The van der Waals surface area contributed by atoms with Gasteiger partial charge in [-0.2, -0.15) is 0 Å². The SMILES string of the molecule is Cc1cc(C)cc(NC(=O)c2cncc(C(=O)NCc3ccccc3)c2)c1. The molecular formula is C22H21N3O2. The summed E-state index contributed by atoms with van der Waals surface area (Å²) in [5.41, 5.74) is 4.54. The maximum absolute atomic E-state index is 12.5. The number of aryl methyl sites for hydroxylation is 2. The smallest absolute Gasteiger partial charge is 0.257 e. The van der Waals surface area contributed by atoms with E-state index in [-0.39, 0.29) is 11.8 Å². The van der Waals surface area contributed by atoms with Crippen LogP contribution in [0.2, 0.25) is 0 Å². The van der Waals surface area contributed by atoms with Crippen molar-refractivity contribution < 1.29 is 9.59 Å². The number of rotatable bonds is 5. The van der Waals surface area contributed by atoms with E-state index in [0.29, 0.717) is 17.7 Å². The minimum Gasteiger partial charge on any atom is -0.348 e. The number of benzene rings is 2. The van der Waals surface area contributed by atoms with Crippen LogP contribution in [-0.2, 0) is 6.54 Å². The molecule has 0 saturated heterocycles. The molecule has 1 heterocycles. The zero-order chi connectivity index (χ0) is 19.2. The molecule has 136 valence electrons. The zero-order valence-corrected chi connectivity index (χ0v) is 15.3. The summed E-state index contributed by atoms with van der Waals surface area (Å²) in [6.07, 6.45) is 2.90. The molecule has 0 saturated carbocycles. The lowest BCUT2D eigenvalue weighted by atomic mass is 10.1. The van der Waals surface area contributed by atoms with Crippen molar-refractivity contribution in [3.8, 4) is 0 Å². The van der Waals surface area contributed by atoms with Crippen molar-refractivity contribution in [3.05, 3.63) is 94.8 Å². The Hall–Kier alpha value is -3.47. The molecule has 2 amide bonds. The van der Waals surface area contributed by atoms with Gasteiger partial charge < -0.3 is 10.6 Å². The highest BCUT2D eigenvalue weighted by Crippen LogP contribution is 2.15. The molecule has 5 nitrogen and oxygen atoms in total. The number of carbonyl (C=O) groups is 2. The molecule has 0 unspecified atom stereocenters. The summed E-state index contributed by atoms with van der Waals surface area (Å²) >= 11 is 0. The van der Waals surface area contributed by atoms with Crippen LogP contribution in [0.5, 0.6) is 0 Å². The fourth-order valence-electron chi connectivity index (χ4n) is 2.82. The number of hydrogen-bond acceptors (Lipinski definition) is 3. The van der Waals surface area contributed by atoms with E-state index in [4.69, 9.17) is 0 Å². The summed E-state index contributed by atoms with van der Waals surface area (Å²) in [5.74, 6) is -0.572. The molecule has 5 heteroatoms. The van der Waals surface area contributed by atoms with Gasteiger partial charge in [-0.1, -0.05) is 36.4 Å². The molecule has 0 aliphatic heterocycles. The van der Waals surface area contributed by atoms with Crippen LogP contribution in [0.15, 0.2) is 67.0 Å². The first-order valence-corrected chi connectivity index (χ1v) is 8.68. The predicted molar refractivity (Wildman–Crippen MR) is 106 cm³/mol. The lowest BCUT2D eigenvalue weighted by Gasteiger charge is -2.09. The highest BCUT2D eigenvalue weighted by Gasteiger charge is 2.12. The summed E-state index contributed by atoms with van der Waals surface area (Å²) < 4.78 is 0. The predicted octanol–water partition coefficient (Wildman–Crippen LogP) is 3.88. The van der Waals surface area contributed by atoms with Crippen LogP contribution in [0.25, 0.3) is 0 Å². The van der Waals surface area contributed by atoms with Crippen LogP contribution >= 0.6 is 0 Å². The Morgan fingerprint density at radius 2 is 1.48 bits per heavy atom. The van der Waals surface area contributed by atoms with E-state index in [1.54, 1.807) is 6.07 Å². The standard InChI is InChI=1S/C22H21N3O2/c1-15-8-16(2)10-20(9-15)25-22(27)19-11-18(13-23-14-19)21(26)24-12-17-6-4-3-5-7-17/h3-11,13-14H,12H2,1-2H3,(H,24,26)(H,25,27). The van der Waals surface area contributed by atoms with Gasteiger partial charge in [-0.25, -0.2) is 0 Å². The molecule has 3 rings (SSSR count). The zero-order valence-electron chi connectivity index (χ0n) is 15.3. The molecule has 0 spiro atoms. The van der Waals surface area contributed by atoms with Gasteiger partial charge in [0.15, 0.2) is 0 Å². The summed E-state index contributed by atoms with van der Waals surface area (Å²) in [6, 6.07) is 17.0. The minimum atomic E-state index is -0.301. The molecule has 2 aromatic carbocycles. The fraction of sp³-hybridized carbons (Fsp3) is 0.136. The summed E-state index contributed by atoms with van der Waals surface area (Å²) in [5, 5.41) is 5.69. The Kier molecular flexibility index (Phi) is 5.61. The van der Waals surface area contributed by atoms with E-state index >= 15 is 0 Å². The van der Waals surface area contributed by atoms with Crippen molar-refractivity contribution in [1.29, 1.82) is 0 Å². The van der Waals surface area contributed by atoms with Crippen LogP contribution in [0, 0.1) is 13.8 Å². The van der Waals surface area contributed by atoms with Crippen LogP contribution in [0.4, 0.5) is 5.69 Å². The number of amides is 2. The highest BCUT2D eigenvalue weighted by atomic mass is 16.2. The average molecular weight is 359 g/mol. The van der Waals surface area contributed by atoms with Crippen LogP contribution in [-0.4, -0.2) is 16.8 Å². The van der Waals surface area contributed by atoms with E-state index < -0.39 is 0 Å². The van der Waals surface area contributed by atoms with Crippen molar-refractivity contribution in [2.24, 2.45) is 0 Å². The molecule has 3 aromatic rings. The largest absolute Gasteiger partial charge is 0.348 e. The first-order chi connectivity index (χ1) is 13.0. The minimum absolute atomic E-state index is 0.271. The van der Waals surface area contributed by atoms with Crippen molar-refractivity contribution >= 4 is 17.5 Å². The first-order valence-electron chi connectivity index (χ1n) is 8.68. The quantitative estimate of drug-likeness (QED) is 0.726. The third-order valence-corrected chi connectivity index (χ3v) is 4.04. The van der Waals surface area contributed by atoms with Gasteiger partial charge in [0.2, 0.25) is 0 Å². The Bertz CT molecular complexity index is 948. The number of pyridine rings is 1. The molecule has 0 radical (unpaired) electrons. The lowest BCUT2D eigenvalue weighted by Crippen LogP contribution is -2.23. The third-order valence-electron chi connectivity index (χ3n) is 4.04. The number of aromatic nitrogens is 1. The number of carbonyl (C=O) groups excluding carboxylic acids is 2. The molecule has 0 bridgehead atoms. The fourth-order valence-corrected chi connectivity index (χ4v) is 2.82. The van der Waals surface area contributed by atoms with Crippen molar-refractivity contribution in [2.75, 3.05) is 5.32 Å². The Labute approximate surface area is 158 Å². The average Bonchev–Trinajstić information content (AvgIpc) is 2.66. The van der Waals surface area contributed by atoms with Gasteiger partial charge in [0.05, 0.1) is 11.1 Å². The summed E-state index contributed by atoms with van der Waals surface area (Å²) in [7, 11) is 0.